The molecule has 0 aliphatic rings. The van der Waals surface area contributed by atoms with Crippen LogP contribution in [0.3, 0.4) is 0 Å². The molecule has 2 N–H and O–H groups in total. The number of methoxy groups -OCH3 is 1. The van der Waals surface area contributed by atoms with E-state index in [0.717, 1.165) is 12.1 Å². The summed E-state index contributed by atoms with van der Waals surface area (Å²) in [6.45, 7) is 8.54. The number of ether oxygens (including phenoxy) is 1. The molecule has 5 nitrogen and oxygen atoms in total. The van der Waals surface area contributed by atoms with Gasteiger partial charge in [-0.3, -0.25) is 4.79 Å². The number of aryl methyl sites for hydroxylation is 1. The number of carbonyl (C=O) groups is 2. The summed E-state index contributed by atoms with van der Waals surface area (Å²) in [5.41, 5.74) is 2.31. The fourth-order valence-electron chi connectivity index (χ4n) is 2.09. The normalized spacial score (nSPS) is 10.7. The van der Waals surface area contributed by atoms with Gasteiger partial charge in [-0.05, 0) is 31.2 Å². The highest BCUT2D eigenvalue weighted by Crippen LogP contribution is 2.20. The average Bonchev–Trinajstić information content (AvgIpc) is 2.74. The molecule has 0 aliphatic carbocycles. The lowest BCUT2D eigenvalue weighted by Gasteiger charge is -2.07. The molecule has 0 saturated carbocycles. The van der Waals surface area contributed by atoms with Gasteiger partial charge in [0.05, 0.1) is 12.7 Å². The van der Waals surface area contributed by atoms with Crippen LogP contribution in [-0.2, 0) is 11.2 Å². The van der Waals surface area contributed by atoms with Crippen LogP contribution < -0.4 is 5.32 Å². The van der Waals surface area contributed by atoms with Crippen molar-refractivity contribution in [3.8, 4) is 0 Å². The van der Waals surface area contributed by atoms with E-state index in [2.05, 4.69) is 24.1 Å². The third kappa shape index (κ3) is 3.62. The van der Waals surface area contributed by atoms with Crippen molar-refractivity contribution >= 4 is 11.9 Å². The maximum Gasteiger partial charge on any atom is 0.339 e. The Morgan fingerprint density at radius 2 is 2.00 bits per heavy atom. The number of rotatable bonds is 6. The third-order valence-electron chi connectivity index (χ3n) is 3.31. The van der Waals surface area contributed by atoms with E-state index in [0.29, 0.717) is 35.7 Å². The summed E-state index contributed by atoms with van der Waals surface area (Å²) in [5.74, 6) is -0.0401. The molecule has 0 spiro atoms. The first-order valence-corrected chi connectivity index (χ1v) is 7.00. The highest BCUT2D eigenvalue weighted by molar-refractivity contribution is 6.00. The maximum atomic E-state index is 12.1. The minimum atomic E-state index is -0.406. The zero-order chi connectivity index (χ0) is 15.3. The van der Waals surface area contributed by atoms with Gasteiger partial charge in [-0.2, -0.15) is 0 Å². The average molecular weight is 280 g/mol. The second-order valence-electron chi connectivity index (χ2n) is 5.26. The molecule has 1 rings (SSSR count). The van der Waals surface area contributed by atoms with Crippen molar-refractivity contribution < 1.29 is 14.3 Å². The van der Waals surface area contributed by atoms with Crippen molar-refractivity contribution in [2.75, 3.05) is 13.7 Å². The number of hydrogen-bond donors (Lipinski definition) is 2. The van der Waals surface area contributed by atoms with Gasteiger partial charge in [-0.25, -0.2) is 4.79 Å². The predicted octanol–water partition coefficient (Wildman–Crippen LogP) is 2.45. The summed E-state index contributed by atoms with van der Waals surface area (Å²) in [7, 11) is 1.34. The Hall–Kier alpha value is -1.78. The molecule has 1 heterocycles. The van der Waals surface area contributed by atoms with Crippen LogP contribution in [0, 0.1) is 12.8 Å². The number of aromatic amines is 1. The molecule has 0 aromatic carbocycles. The molecule has 1 aromatic rings. The van der Waals surface area contributed by atoms with Crippen LogP contribution in [-0.4, -0.2) is 30.5 Å². The molecule has 0 bridgehead atoms. The van der Waals surface area contributed by atoms with E-state index >= 15 is 0 Å². The number of amides is 1. The van der Waals surface area contributed by atoms with Crippen molar-refractivity contribution in [3.63, 3.8) is 0 Å². The Labute approximate surface area is 120 Å². The first-order chi connectivity index (χ1) is 9.42. The Balaban J connectivity index is 2.93. The fraction of sp³-hybridized carbons (Fsp3) is 0.600. The fourth-order valence-corrected chi connectivity index (χ4v) is 2.09. The summed E-state index contributed by atoms with van der Waals surface area (Å²) < 4.78 is 4.77. The van der Waals surface area contributed by atoms with Gasteiger partial charge in [0.25, 0.3) is 5.91 Å². The number of aromatic nitrogens is 1. The second kappa shape index (κ2) is 7.12. The Morgan fingerprint density at radius 3 is 2.50 bits per heavy atom. The van der Waals surface area contributed by atoms with Gasteiger partial charge in [0.2, 0.25) is 0 Å². The molecule has 0 radical (unpaired) electrons. The second-order valence-corrected chi connectivity index (χ2v) is 5.26. The molecule has 1 aromatic heterocycles. The Bertz CT molecular complexity index is 490. The van der Waals surface area contributed by atoms with Crippen LogP contribution in [0.5, 0.6) is 0 Å². The van der Waals surface area contributed by atoms with Crippen LogP contribution in [0.15, 0.2) is 0 Å². The van der Waals surface area contributed by atoms with Gasteiger partial charge in [-0.15, -0.1) is 0 Å². The zero-order valence-corrected chi connectivity index (χ0v) is 12.9. The van der Waals surface area contributed by atoms with Crippen LogP contribution in [0.1, 0.15) is 59.3 Å². The number of nitrogens with one attached hydrogen (secondary N) is 2. The molecular formula is C15H24N2O3. The SMILES string of the molecule is CCc1[nH]c(C(=O)NCCC(C)C)c(C)c1C(=O)OC. The van der Waals surface area contributed by atoms with Gasteiger partial charge in [0, 0.05) is 12.2 Å². The lowest BCUT2D eigenvalue weighted by atomic mass is 10.1. The maximum absolute atomic E-state index is 12.1. The van der Waals surface area contributed by atoms with Crippen LogP contribution >= 0.6 is 0 Å². The quantitative estimate of drug-likeness (QED) is 0.786. The molecule has 1 amide bonds. The smallest absolute Gasteiger partial charge is 0.339 e. The summed E-state index contributed by atoms with van der Waals surface area (Å²) in [4.78, 5) is 27.0. The minimum absolute atomic E-state index is 0.173. The van der Waals surface area contributed by atoms with E-state index in [1.807, 2.05) is 6.92 Å². The van der Waals surface area contributed by atoms with Gasteiger partial charge in [-0.1, -0.05) is 20.8 Å². The predicted molar refractivity (Wildman–Crippen MR) is 78.0 cm³/mol. The standard InChI is InChI=1S/C15H24N2O3/c1-6-11-12(15(19)20-5)10(4)13(17-11)14(18)16-8-7-9(2)3/h9,17H,6-8H2,1-5H3,(H,16,18). The van der Waals surface area contributed by atoms with Crippen LogP contribution in [0.25, 0.3) is 0 Å². The van der Waals surface area contributed by atoms with Crippen molar-refractivity contribution in [3.05, 3.63) is 22.5 Å². The summed E-state index contributed by atoms with van der Waals surface area (Å²) in [6, 6.07) is 0. The third-order valence-corrected chi connectivity index (χ3v) is 3.31. The number of carbonyl (C=O) groups excluding carboxylic acids is 2. The molecule has 20 heavy (non-hydrogen) atoms. The van der Waals surface area contributed by atoms with Crippen molar-refractivity contribution in [2.45, 2.75) is 40.5 Å². The van der Waals surface area contributed by atoms with E-state index < -0.39 is 5.97 Å². The summed E-state index contributed by atoms with van der Waals surface area (Å²) in [6.07, 6.45) is 1.57. The molecule has 0 aliphatic heterocycles. The van der Waals surface area contributed by atoms with E-state index in [1.54, 1.807) is 6.92 Å². The Morgan fingerprint density at radius 1 is 1.35 bits per heavy atom. The first-order valence-electron chi connectivity index (χ1n) is 7.00. The molecule has 0 atom stereocenters. The highest BCUT2D eigenvalue weighted by Gasteiger charge is 2.23. The van der Waals surface area contributed by atoms with E-state index in [4.69, 9.17) is 4.74 Å². The summed E-state index contributed by atoms with van der Waals surface area (Å²) in [5, 5.41) is 2.87. The van der Waals surface area contributed by atoms with Crippen molar-refractivity contribution in [1.82, 2.24) is 10.3 Å². The van der Waals surface area contributed by atoms with Gasteiger partial charge in [0.1, 0.15) is 5.69 Å². The summed E-state index contributed by atoms with van der Waals surface area (Å²) >= 11 is 0. The lowest BCUT2D eigenvalue weighted by molar-refractivity contribution is 0.0599. The number of esters is 1. The van der Waals surface area contributed by atoms with E-state index in [-0.39, 0.29) is 5.91 Å². The molecule has 0 unspecified atom stereocenters. The lowest BCUT2D eigenvalue weighted by Crippen LogP contribution is -2.26. The molecule has 5 heteroatoms. The van der Waals surface area contributed by atoms with Crippen molar-refractivity contribution in [1.29, 1.82) is 0 Å². The largest absolute Gasteiger partial charge is 0.465 e. The van der Waals surface area contributed by atoms with Crippen LogP contribution in [0.4, 0.5) is 0 Å². The highest BCUT2D eigenvalue weighted by atomic mass is 16.5. The molecule has 112 valence electrons. The minimum Gasteiger partial charge on any atom is -0.465 e. The van der Waals surface area contributed by atoms with Gasteiger partial charge in [0.15, 0.2) is 0 Å². The van der Waals surface area contributed by atoms with Gasteiger partial charge < -0.3 is 15.0 Å². The van der Waals surface area contributed by atoms with Crippen molar-refractivity contribution in [2.24, 2.45) is 5.92 Å². The van der Waals surface area contributed by atoms with Crippen LogP contribution in [0.2, 0.25) is 0 Å². The van der Waals surface area contributed by atoms with E-state index in [1.165, 1.54) is 7.11 Å². The first kappa shape index (κ1) is 16.3. The Kier molecular flexibility index (Phi) is 5.80. The van der Waals surface area contributed by atoms with E-state index in [9.17, 15) is 9.59 Å². The topological polar surface area (TPSA) is 71.2 Å². The zero-order valence-electron chi connectivity index (χ0n) is 12.9. The molecule has 0 fully saturated rings. The monoisotopic (exact) mass is 280 g/mol. The number of hydrogen-bond acceptors (Lipinski definition) is 3. The molecule has 0 saturated heterocycles. The number of H-pyrrole nitrogens is 1. The molecular weight excluding hydrogens is 256 g/mol. The van der Waals surface area contributed by atoms with Gasteiger partial charge >= 0.3 is 5.97 Å².